The van der Waals surface area contributed by atoms with Gasteiger partial charge in [0.15, 0.2) is 0 Å². The van der Waals surface area contributed by atoms with Crippen LogP contribution < -0.4 is 10.2 Å². The topological polar surface area (TPSA) is 110 Å². The smallest absolute Gasteiger partial charge is 0.321 e. The highest BCUT2D eigenvalue weighted by Gasteiger charge is 2.31. The zero-order chi connectivity index (χ0) is 19.6. The van der Waals surface area contributed by atoms with Gasteiger partial charge in [0.1, 0.15) is 0 Å². The lowest BCUT2D eigenvalue weighted by Crippen LogP contribution is -2.34. The van der Waals surface area contributed by atoms with Gasteiger partial charge in [0, 0.05) is 41.3 Å². The van der Waals surface area contributed by atoms with E-state index in [1.54, 1.807) is 25.1 Å². The SMILES string of the molecule is CN(C)c1ccc(S(=O)(=O)N(C)C)cc1NC(=O)N1CCC(C(=O)O)C1. The number of sulfonamides is 1. The fourth-order valence-corrected chi connectivity index (χ4v) is 3.65. The summed E-state index contributed by atoms with van der Waals surface area (Å²) < 4.78 is 25.8. The molecule has 0 bridgehead atoms. The van der Waals surface area contributed by atoms with Crippen LogP contribution in [0.1, 0.15) is 6.42 Å². The second-order valence-corrected chi connectivity index (χ2v) is 8.71. The zero-order valence-electron chi connectivity index (χ0n) is 15.3. The lowest BCUT2D eigenvalue weighted by molar-refractivity contribution is -0.141. The Kier molecular flexibility index (Phi) is 5.77. The van der Waals surface area contributed by atoms with Crippen molar-refractivity contribution < 1.29 is 23.1 Å². The number of carboxylic acids is 1. The molecule has 1 unspecified atom stereocenters. The van der Waals surface area contributed by atoms with E-state index in [1.165, 1.54) is 31.1 Å². The molecule has 2 rings (SSSR count). The van der Waals surface area contributed by atoms with Crippen LogP contribution in [0.25, 0.3) is 0 Å². The molecular formula is C16H24N4O5S. The van der Waals surface area contributed by atoms with Crippen LogP contribution in [0.4, 0.5) is 16.2 Å². The summed E-state index contributed by atoms with van der Waals surface area (Å²) in [7, 11) is 2.78. The summed E-state index contributed by atoms with van der Waals surface area (Å²) in [4.78, 5) is 26.8. The summed E-state index contributed by atoms with van der Waals surface area (Å²) in [5.41, 5.74) is 0.992. The van der Waals surface area contributed by atoms with Crippen molar-refractivity contribution in [3.8, 4) is 0 Å². The third-order valence-corrected chi connectivity index (χ3v) is 6.11. The molecule has 10 heteroatoms. The highest BCUT2D eigenvalue weighted by atomic mass is 32.2. The Balaban J connectivity index is 2.29. The molecule has 0 saturated carbocycles. The van der Waals surface area contributed by atoms with E-state index in [4.69, 9.17) is 5.11 Å². The molecule has 2 N–H and O–H groups in total. The van der Waals surface area contributed by atoms with Crippen LogP contribution in [0.3, 0.4) is 0 Å². The van der Waals surface area contributed by atoms with Gasteiger partial charge in [-0.2, -0.15) is 0 Å². The quantitative estimate of drug-likeness (QED) is 0.782. The average molecular weight is 384 g/mol. The van der Waals surface area contributed by atoms with E-state index in [9.17, 15) is 18.0 Å². The Morgan fingerprint density at radius 3 is 2.38 bits per heavy atom. The highest BCUT2D eigenvalue weighted by molar-refractivity contribution is 7.89. The predicted molar refractivity (Wildman–Crippen MR) is 98.0 cm³/mol. The molecule has 1 aromatic carbocycles. The number of anilines is 2. The molecule has 1 heterocycles. The Bertz CT molecular complexity index is 807. The molecule has 1 aliphatic rings. The number of benzene rings is 1. The lowest BCUT2D eigenvalue weighted by atomic mass is 10.1. The Morgan fingerprint density at radius 2 is 1.88 bits per heavy atom. The summed E-state index contributed by atoms with van der Waals surface area (Å²) in [5, 5.41) is 11.8. The minimum atomic E-state index is -3.64. The summed E-state index contributed by atoms with van der Waals surface area (Å²) in [6, 6.07) is 4.07. The molecule has 0 aliphatic carbocycles. The molecule has 2 amide bonds. The number of aliphatic carboxylic acids is 1. The number of hydrogen-bond acceptors (Lipinski definition) is 5. The number of hydrogen-bond donors (Lipinski definition) is 2. The first-order valence-corrected chi connectivity index (χ1v) is 9.50. The zero-order valence-corrected chi connectivity index (χ0v) is 16.1. The molecule has 1 aromatic rings. The maximum absolute atomic E-state index is 12.5. The van der Waals surface area contributed by atoms with Crippen molar-refractivity contribution in [1.29, 1.82) is 0 Å². The number of carbonyl (C=O) groups is 2. The second kappa shape index (κ2) is 7.50. The third-order valence-electron chi connectivity index (χ3n) is 4.29. The van der Waals surface area contributed by atoms with Crippen molar-refractivity contribution in [2.24, 2.45) is 5.92 Å². The first kappa shape index (κ1) is 20.0. The van der Waals surface area contributed by atoms with Gasteiger partial charge in [0.25, 0.3) is 0 Å². The summed E-state index contributed by atoms with van der Waals surface area (Å²) in [5.74, 6) is -1.50. The van der Waals surface area contributed by atoms with Crippen molar-refractivity contribution >= 4 is 33.4 Å². The molecule has 0 spiro atoms. The first-order valence-electron chi connectivity index (χ1n) is 8.06. The molecule has 26 heavy (non-hydrogen) atoms. The summed E-state index contributed by atoms with van der Waals surface area (Å²) in [6.45, 7) is 0.476. The van der Waals surface area contributed by atoms with Gasteiger partial charge in [-0.25, -0.2) is 17.5 Å². The summed E-state index contributed by atoms with van der Waals surface area (Å²) in [6.07, 6.45) is 0.401. The van der Waals surface area contributed by atoms with E-state index in [2.05, 4.69) is 5.32 Å². The number of carbonyl (C=O) groups excluding carboxylic acids is 1. The van der Waals surface area contributed by atoms with Crippen LogP contribution in [-0.2, 0) is 14.8 Å². The fraction of sp³-hybridized carbons (Fsp3) is 0.500. The molecule has 1 fully saturated rings. The van der Waals surface area contributed by atoms with Gasteiger partial charge in [-0.3, -0.25) is 4.79 Å². The van der Waals surface area contributed by atoms with E-state index in [0.717, 1.165) is 4.31 Å². The van der Waals surface area contributed by atoms with Crippen LogP contribution in [0.5, 0.6) is 0 Å². The Hall–Kier alpha value is -2.33. The lowest BCUT2D eigenvalue weighted by Gasteiger charge is -2.22. The third kappa shape index (κ3) is 4.07. The molecular weight excluding hydrogens is 360 g/mol. The standard InChI is InChI=1S/C16H24N4O5S/c1-18(2)14-6-5-12(26(24,25)19(3)4)9-13(14)17-16(23)20-8-7-11(10-20)15(21)22/h5-6,9,11H,7-8,10H2,1-4H3,(H,17,23)(H,21,22). The number of likely N-dealkylation sites (tertiary alicyclic amines) is 1. The number of nitrogens with one attached hydrogen (secondary N) is 1. The number of nitrogens with zero attached hydrogens (tertiary/aromatic N) is 3. The minimum Gasteiger partial charge on any atom is -0.481 e. The van der Waals surface area contributed by atoms with E-state index < -0.39 is 27.9 Å². The van der Waals surface area contributed by atoms with Gasteiger partial charge < -0.3 is 20.2 Å². The van der Waals surface area contributed by atoms with Crippen molar-refractivity contribution in [2.45, 2.75) is 11.3 Å². The largest absolute Gasteiger partial charge is 0.481 e. The highest BCUT2D eigenvalue weighted by Crippen LogP contribution is 2.29. The first-order chi connectivity index (χ1) is 12.0. The van der Waals surface area contributed by atoms with Gasteiger partial charge in [0.2, 0.25) is 10.0 Å². The van der Waals surface area contributed by atoms with E-state index >= 15 is 0 Å². The monoisotopic (exact) mass is 384 g/mol. The molecule has 144 valence electrons. The van der Waals surface area contributed by atoms with E-state index in [0.29, 0.717) is 24.3 Å². The van der Waals surface area contributed by atoms with Crippen LogP contribution in [0.15, 0.2) is 23.1 Å². The fourth-order valence-electron chi connectivity index (χ4n) is 2.72. The van der Waals surface area contributed by atoms with Gasteiger partial charge in [0.05, 0.1) is 22.2 Å². The number of carboxylic acid groups (broad SMARTS) is 1. The molecule has 0 radical (unpaired) electrons. The van der Waals surface area contributed by atoms with Crippen LogP contribution in [0, 0.1) is 5.92 Å². The number of urea groups is 1. The molecule has 9 nitrogen and oxygen atoms in total. The molecule has 1 aliphatic heterocycles. The average Bonchev–Trinajstić information content (AvgIpc) is 3.04. The number of rotatable bonds is 5. The maximum Gasteiger partial charge on any atom is 0.321 e. The molecule has 0 aromatic heterocycles. The van der Waals surface area contributed by atoms with Gasteiger partial charge >= 0.3 is 12.0 Å². The Morgan fingerprint density at radius 1 is 1.23 bits per heavy atom. The van der Waals surface area contributed by atoms with Crippen LogP contribution >= 0.6 is 0 Å². The van der Waals surface area contributed by atoms with Gasteiger partial charge in [-0.1, -0.05) is 0 Å². The Labute approximate surface area is 153 Å². The number of amides is 2. The van der Waals surface area contributed by atoms with E-state index in [-0.39, 0.29) is 11.4 Å². The van der Waals surface area contributed by atoms with Crippen LogP contribution in [-0.4, -0.2) is 76.0 Å². The maximum atomic E-state index is 12.5. The second-order valence-electron chi connectivity index (χ2n) is 6.56. The van der Waals surface area contributed by atoms with Gasteiger partial charge in [-0.05, 0) is 24.6 Å². The predicted octanol–water partition coefficient (Wildman–Crippen LogP) is 0.941. The summed E-state index contributed by atoms with van der Waals surface area (Å²) >= 11 is 0. The van der Waals surface area contributed by atoms with Gasteiger partial charge in [-0.15, -0.1) is 0 Å². The van der Waals surface area contributed by atoms with Crippen molar-refractivity contribution in [3.05, 3.63) is 18.2 Å². The molecule has 1 saturated heterocycles. The minimum absolute atomic E-state index is 0.0632. The van der Waals surface area contributed by atoms with Crippen LogP contribution in [0.2, 0.25) is 0 Å². The van der Waals surface area contributed by atoms with Crippen molar-refractivity contribution in [1.82, 2.24) is 9.21 Å². The van der Waals surface area contributed by atoms with Crippen molar-refractivity contribution in [3.63, 3.8) is 0 Å². The normalized spacial score (nSPS) is 17.4. The van der Waals surface area contributed by atoms with Crippen molar-refractivity contribution in [2.75, 3.05) is 51.5 Å². The molecule has 1 atom stereocenters. The van der Waals surface area contributed by atoms with E-state index in [1.807, 2.05) is 0 Å².